The van der Waals surface area contributed by atoms with E-state index in [0.717, 1.165) is 49.9 Å². The molecule has 2 aliphatic heterocycles. The van der Waals surface area contributed by atoms with Crippen LogP contribution in [0, 0.1) is 6.92 Å². The third kappa shape index (κ3) is 5.26. The van der Waals surface area contributed by atoms with E-state index in [9.17, 15) is 18.0 Å². The van der Waals surface area contributed by atoms with Crippen LogP contribution < -0.4 is 9.64 Å². The predicted octanol–water partition coefficient (Wildman–Crippen LogP) is 6.32. The van der Waals surface area contributed by atoms with Crippen LogP contribution in [-0.2, 0) is 16.1 Å². The maximum Gasteiger partial charge on any atom is 0.573 e. The number of ether oxygens (including phenoxy) is 3. The lowest BCUT2D eigenvalue weighted by atomic mass is 9.98. The van der Waals surface area contributed by atoms with Crippen LogP contribution in [-0.4, -0.2) is 47.8 Å². The molecule has 3 aromatic rings. The quantitative estimate of drug-likeness (QED) is 0.297. The molecule has 0 spiro atoms. The highest BCUT2D eigenvalue weighted by Gasteiger charge is 2.43. The summed E-state index contributed by atoms with van der Waals surface area (Å²) >= 11 is 0. The average molecular weight is 558 g/mol. The Morgan fingerprint density at radius 3 is 2.50 bits per heavy atom. The van der Waals surface area contributed by atoms with Crippen LogP contribution in [0.25, 0.3) is 11.3 Å². The molecule has 4 heterocycles. The number of benzene rings is 1. The second-order valence-corrected chi connectivity index (χ2v) is 10.7. The molecule has 8 nitrogen and oxygen atoms in total. The summed E-state index contributed by atoms with van der Waals surface area (Å²) in [6.07, 6.45) is 2.22. The van der Waals surface area contributed by atoms with Gasteiger partial charge in [0.15, 0.2) is 0 Å². The number of hydrogen-bond donors (Lipinski definition) is 0. The van der Waals surface area contributed by atoms with Gasteiger partial charge < -0.3 is 23.6 Å². The lowest BCUT2D eigenvalue weighted by Crippen LogP contribution is -2.46. The second kappa shape index (κ2) is 10.4. The van der Waals surface area contributed by atoms with Gasteiger partial charge >= 0.3 is 12.3 Å². The fourth-order valence-electron chi connectivity index (χ4n) is 6.09. The number of alkyl halides is 3. The smallest absolute Gasteiger partial charge is 0.465 e. The molecule has 3 fully saturated rings. The second-order valence-electron chi connectivity index (χ2n) is 10.7. The molecule has 1 aliphatic carbocycles. The molecular formula is C29H30F3N3O5. The van der Waals surface area contributed by atoms with E-state index in [1.807, 2.05) is 13.0 Å². The lowest BCUT2D eigenvalue weighted by Gasteiger charge is -2.40. The van der Waals surface area contributed by atoms with Crippen molar-refractivity contribution in [1.82, 2.24) is 10.1 Å². The molecule has 2 unspecified atom stereocenters. The van der Waals surface area contributed by atoms with Crippen LogP contribution in [0.3, 0.4) is 0 Å². The molecule has 1 saturated carbocycles. The van der Waals surface area contributed by atoms with Crippen molar-refractivity contribution in [3.05, 3.63) is 59.0 Å². The van der Waals surface area contributed by atoms with Crippen LogP contribution in [0.5, 0.6) is 5.75 Å². The molecular weight excluding hydrogens is 527 g/mol. The molecule has 1 aromatic carbocycles. The Balaban J connectivity index is 1.19. The minimum absolute atomic E-state index is 0.0279. The highest BCUT2D eigenvalue weighted by molar-refractivity contribution is 5.89. The molecule has 40 heavy (non-hydrogen) atoms. The summed E-state index contributed by atoms with van der Waals surface area (Å²) in [6.45, 7) is 2.14. The van der Waals surface area contributed by atoms with E-state index in [-0.39, 0.29) is 42.0 Å². The number of para-hydroxylation sites is 1. The summed E-state index contributed by atoms with van der Waals surface area (Å²) in [7, 11) is 1.35. The topological polar surface area (TPSA) is 86.9 Å². The maximum absolute atomic E-state index is 13.1. The molecule has 2 aromatic heterocycles. The molecule has 2 saturated heterocycles. The van der Waals surface area contributed by atoms with E-state index >= 15 is 0 Å². The lowest BCUT2D eigenvalue weighted by molar-refractivity contribution is -0.274. The van der Waals surface area contributed by atoms with Gasteiger partial charge in [0.2, 0.25) is 0 Å². The number of nitrogens with zero attached hydrogens (tertiary/aromatic N) is 3. The Morgan fingerprint density at radius 2 is 1.85 bits per heavy atom. The van der Waals surface area contributed by atoms with E-state index in [2.05, 4.69) is 19.8 Å². The number of pyridine rings is 1. The van der Waals surface area contributed by atoms with Gasteiger partial charge in [-0.1, -0.05) is 17.3 Å². The number of piperidine rings is 1. The first-order valence-corrected chi connectivity index (χ1v) is 13.5. The standard InChI is InChI=1S/C29H30F3N3O5/c1-16-11-18(28(36)37-2)14-33-27(16)35-19-9-10-20(35)13-21(12-19)38-15-23-25(34-40-26(23)17-7-8-17)22-5-3-4-6-24(22)39-29(30,31)32/h3-6,11,14,17,19-21H,7-10,12-13,15H2,1-2H3. The van der Waals surface area contributed by atoms with Crippen molar-refractivity contribution in [1.29, 1.82) is 0 Å². The van der Waals surface area contributed by atoms with Crippen molar-refractivity contribution in [2.24, 2.45) is 0 Å². The van der Waals surface area contributed by atoms with Gasteiger partial charge in [-0.2, -0.15) is 0 Å². The summed E-state index contributed by atoms with van der Waals surface area (Å²) < 4.78 is 60.5. The van der Waals surface area contributed by atoms with E-state index in [1.165, 1.54) is 19.2 Å². The fourth-order valence-corrected chi connectivity index (χ4v) is 6.09. The highest BCUT2D eigenvalue weighted by atomic mass is 19.4. The van der Waals surface area contributed by atoms with Gasteiger partial charge in [0.05, 0.1) is 25.4 Å². The van der Waals surface area contributed by atoms with Crippen molar-refractivity contribution in [2.75, 3.05) is 12.0 Å². The number of aryl methyl sites for hydroxylation is 1. The number of halogens is 3. The molecule has 0 N–H and O–H groups in total. The van der Waals surface area contributed by atoms with Crippen molar-refractivity contribution in [3.8, 4) is 17.0 Å². The van der Waals surface area contributed by atoms with Crippen molar-refractivity contribution in [3.63, 3.8) is 0 Å². The summed E-state index contributed by atoms with van der Waals surface area (Å²) in [5, 5.41) is 4.18. The number of aromatic nitrogens is 2. The monoisotopic (exact) mass is 557 g/mol. The summed E-state index contributed by atoms with van der Waals surface area (Å²) in [4.78, 5) is 18.9. The van der Waals surface area contributed by atoms with E-state index in [0.29, 0.717) is 22.6 Å². The number of hydrogen-bond acceptors (Lipinski definition) is 8. The number of fused-ring (bicyclic) bond motifs is 2. The molecule has 0 radical (unpaired) electrons. The molecule has 3 aliphatic rings. The molecule has 6 rings (SSSR count). The Hall–Kier alpha value is -3.60. The predicted molar refractivity (Wildman–Crippen MR) is 138 cm³/mol. The first kappa shape index (κ1) is 26.6. The van der Waals surface area contributed by atoms with Gasteiger partial charge in [-0.25, -0.2) is 9.78 Å². The zero-order valence-electron chi connectivity index (χ0n) is 22.2. The molecule has 2 atom stereocenters. The molecule has 0 amide bonds. The van der Waals surface area contributed by atoms with E-state index < -0.39 is 12.3 Å². The van der Waals surface area contributed by atoms with Crippen LogP contribution in [0.4, 0.5) is 19.0 Å². The Labute approximate surface area is 229 Å². The van der Waals surface area contributed by atoms with Crippen LogP contribution in [0.1, 0.15) is 71.7 Å². The van der Waals surface area contributed by atoms with E-state index in [1.54, 1.807) is 18.3 Å². The van der Waals surface area contributed by atoms with Gasteiger partial charge in [-0.15, -0.1) is 13.2 Å². The SMILES string of the molecule is COC(=O)c1cnc(N2C3CCC2CC(OCc2c(-c4ccccc4OC(F)(F)F)noc2C2CC2)C3)c(C)c1. The van der Waals surface area contributed by atoms with Crippen molar-refractivity contribution >= 4 is 11.8 Å². The first-order valence-electron chi connectivity index (χ1n) is 13.5. The largest absolute Gasteiger partial charge is 0.573 e. The van der Waals surface area contributed by atoms with Crippen LogP contribution in [0.15, 0.2) is 41.1 Å². The first-order chi connectivity index (χ1) is 19.2. The number of anilines is 1. The molecule has 11 heteroatoms. The third-order valence-corrected chi connectivity index (χ3v) is 8.00. The van der Waals surface area contributed by atoms with Crippen molar-refractivity contribution < 1.29 is 36.7 Å². The summed E-state index contributed by atoms with van der Waals surface area (Å²) in [6, 6.07) is 8.26. The van der Waals surface area contributed by atoms with E-state index in [4.69, 9.17) is 14.0 Å². The van der Waals surface area contributed by atoms with Gasteiger partial charge in [0.1, 0.15) is 23.0 Å². The number of methoxy groups -OCH3 is 1. The van der Waals surface area contributed by atoms with Gasteiger partial charge in [0.25, 0.3) is 0 Å². The normalized spacial score (nSPS) is 22.4. The molecule has 2 bridgehead atoms. The summed E-state index contributed by atoms with van der Waals surface area (Å²) in [5.74, 6) is 1.03. The van der Waals surface area contributed by atoms with Gasteiger partial charge in [-0.05, 0) is 69.2 Å². The van der Waals surface area contributed by atoms with Gasteiger partial charge in [0, 0.05) is 35.3 Å². The number of rotatable bonds is 8. The Bertz CT molecular complexity index is 1390. The number of carbonyl (C=O) groups is 1. The number of carbonyl (C=O) groups excluding carboxylic acids is 1. The highest BCUT2D eigenvalue weighted by Crippen LogP contribution is 2.46. The average Bonchev–Trinajstić information content (AvgIpc) is 3.63. The van der Waals surface area contributed by atoms with Crippen LogP contribution >= 0.6 is 0 Å². The summed E-state index contributed by atoms with van der Waals surface area (Å²) in [5.41, 5.74) is 2.58. The zero-order chi connectivity index (χ0) is 28.0. The fraction of sp³-hybridized carbons (Fsp3) is 0.483. The maximum atomic E-state index is 13.1. The molecule has 212 valence electrons. The number of esters is 1. The minimum atomic E-state index is -4.82. The Morgan fingerprint density at radius 1 is 1.12 bits per heavy atom. The van der Waals surface area contributed by atoms with Gasteiger partial charge in [-0.3, -0.25) is 0 Å². The van der Waals surface area contributed by atoms with Crippen molar-refractivity contribution in [2.45, 2.75) is 82.5 Å². The zero-order valence-corrected chi connectivity index (χ0v) is 22.2. The Kier molecular flexibility index (Phi) is 6.93. The minimum Gasteiger partial charge on any atom is -0.465 e. The van der Waals surface area contributed by atoms with Crippen LogP contribution in [0.2, 0.25) is 0 Å². The third-order valence-electron chi connectivity index (χ3n) is 8.00.